The Labute approximate surface area is 184 Å². The van der Waals surface area contributed by atoms with E-state index in [1.54, 1.807) is 11.8 Å². The van der Waals surface area contributed by atoms with Gasteiger partial charge >= 0.3 is 0 Å². The van der Waals surface area contributed by atoms with Gasteiger partial charge in [0.25, 0.3) is 5.91 Å². The highest BCUT2D eigenvalue weighted by molar-refractivity contribution is 7.98. The summed E-state index contributed by atoms with van der Waals surface area (Å²) in [4.78, 5) is 24.1. The lowest BCUT2D eigenvalue weighted by Crippen LogP contribution is -2.36. The van der Waals surface area contributed by atoms with E-state index in [1.165, 1.54) is 0 Å². The molecule has 0 aliphatic heterocycles. The molecule has 0 aliphatic carbocycles. The zero-order chi connectivity index (χ0) is 22.4. The van der Waals surface area contributed by atoms with Crippen molar-refractivity contribution in [3.63, 3.8) is 0 Å². The number of ether oxygens (including phenoxy) is 1. The molecular weight excluding hydrogens is 400 g/mol. The van der Waals surface area contributed by atoms with E-state index in [9.17, 15) is 9.59 Å². The number of hydrogen-bond acceptors (Lipinski definition) is 6. The number of thioether (sulfide) groups is 1. The van der Waals surface area contributed by atoms with Crippen LogP contribution in [0.2, 0.25) is 0 Å². The first kappa shape index (κ1) is 26.1. The second-order valence-electron chi connectivity index (χ2n) is 6.49. The first-order chi connectivity index (χ1) is 14.6. The van der Waals surface area contributed by atoms with Gasteiger partial charge in [-0.25, -0.2) is 0 Å². The summed E-state index contributed by atoms with van der Waals surface area (Å²) in [5.41, 5.74) is 2.38. The van der Waals surface area contributed by atoms with Crippen molar-refractivity contribution in [2.24, 2.45) is 0 Å². The van der Waals surface area contributed by atoms with Gasteiger partial charge in [-0.05, 0) is 37.8 Å². The lowest BCUT2D eigenvalue weighted by molar-refractivity contribution is -0.109. The zero-order valence-corrected chi connectivity index (χ0v) is 19.7. The first-order valence-electron chi connectivity index (χ1n) is 10.6. The van der Waals surface area contributed by atoms with Gasteiger partial charge in [0.05, 0.1) is 24.7 Å². The van der Waals surface area contributed by atoms with Crippen LogP contribution < -0.4 is 10.6 Å². The largest absolute Gasteiger partial charge is 0.380 e. The lowest BCUT2D eigenvalue weighted by atomic mass is 10.1. The molecule has 2 aromatic rings. The number of carbonyl (C=O) groups excluding carboxylic acids is 2. The van der Waals surface area contributed by atoms with Gasteiger partial charge in [-0.2, -0.15) is 16.9 Å². The molecule has 30 heavy (non-hydrogen) atoms. The van der Waals surface area contributed by atoms with E-state index >= 15 is 0 Å². The van der Waals surface area contributed by atoms with Gasteiger partial charge in [-0.3, -0.25) is 9.48 Å². The highest BCUT2D eigenvalue weighted by Crippen LogP contribution is 2.22. The molecule has 1 aromatic heterocycles. The first-order valence-corrected chi connectivity index (χ1v) is 12.0. The number of benzene rings is 1. The number of aryl methyl sites for hydroxylation is 1. The number of nitrogens with one attached hydrogen (secondary N) is 2. The lowest BCUT2D eigenvalue weighted by Gasteiger charge is -2.11. The van der Waals surface area contributed by atoms with Crippen LogP contribution in [0.5, 0.6) is 0 Å². The third-order valence-corrected chi connectivity index (χ3v) is 5.07. The number of para-hydroxylation sites is 1. The SMILES string of the molecule is CC.CCOCCNCCn1nc(C(=O)NC(C=O)CCSC)c2cccc(C)c21. The number of aromatic nitrogens is 2. The van der Waals surface area contributed by atoms with Crippen LogP contribution in [0, 0.1) is 6.92 Å². The Hall–Kier alpha value is -1.90. The number of carbonyl (C=O) groups is 2. The molecule has 7 nitrogen and oxygen atoms in total. The molecule has 168 valence electrons. The average molecular weight is 437 g/mol. The monoisotopic (exact) mass is 436 g/mol. The van der Waals surface area contributed by atoms with Gasteiger partial charge in [0.1, 0.15) is 6.29 Å². The standard InChI is InChI=1S/C20H30N4O3S.C2H6/c1-4-27-12-10-21-9-11-24-19-15(2)6-5-7-17(19)18(23-24)20(26)22-16(14-25)8-13-28-3;1-2/h5-7,14,16,21H,4,8-13H2,1-3H3,(H,22,26);1-2H3. The third kappa shape index (κ3) is 7.74. The van der Waals surface area contributed by atoms with E-state index in [-0.39, 0.29) is 5.91 Å². The number of rotatable bonds is 13. The molecule has 1 heterocycles. The van der Waals surface area contributed by atoms with Gasteiger partial charge < -0.3 is 20.2 Å². The van der Waals surface area contributed by atoms with E-state index in [2.05, 4.69) is 15.7 Å². The Bertz CT molecular complexity index is 779. The van der Waals surface area contributed by atoms with Crippen LogP contribution in [-0.2, 0) is 16.1 Å². The normalized spacial score (nSPS) is 11.6. The molecule has 0 aliphatic rings. The molecule has 1 amide bonds. The van der Waals surface area contributed by atoms with E-state index in [0.717, 1.165) is 41.6 Å². The van der Waals surface area contributed by atoms with Gasteiger partial charge in [0.15, 0.2) is 5.69 Å². The van der Waals surface area contributed by atoms with Gasteiger partial charge in [0, 0.05) is 25.1 Å². The molecule has 0 radical (unpaired) electrons. The fourth-order valence-electron chi connectivity index (χ4n) is 3.00. The van der Waals surface area contributed by atoms with E-state index < -0.39 is 6.04 Å². The predicted molar refractivity (Wildman–Crippen MR) is 125 cm³/mol. The van der Waals surface area contributed by atoms with Crippen LogP contribution in [0.25, 0.3) is 10.9 Å². The Morgan fingerprint density at radius 3 is 2.77 bits per heavy atom. The number of nitrogens with zero attached hydrogens (tertiary/aromatic N) is 2. The van der Waals surface area contributed by atoms with E-state index in [1.807, 2.05) is 56.8 Å². The van der Waals surface area contributed by atoms with Crippen LogP contribution in [-0.4, -0.2) is 66.3 Å². The summed E-state index contributed by atoms with van der Waals surface area (Å²) in [6.45, 7) is 11.5. The molecule has 1 aromatic carbocycles. The Kier molecular flexibility index (Phi) is 13.1. The maximum absolute atomic E-state index is 12.8. The minimum Gasteiger partial charge on any atom is -0.380 e. The van der Waals surface area contributed by atoms with Crippen molar-refractivity contribution in [1.82, 2.24) is 20.4 Å². The number of aldehydes is 1. The highest BCUT2D eigenvalue weighted by Gasteiger charge is 2.20. The van der Waals surface area contributed by atoms with E-state index in [4.69, 9.17) is 4.74 Å². The fraction of sp³-hybridized carbons (Fsp3) is 0.591. The van der Waals surface area contributed by atoms with Gasteiger partial charge in [-0.15, -0.1) is 0 Å². The number of hydrogen-bond donors (Lipinski definition) is 2. The van der Waals surface area contributed by atoms with Crippen molar-refractivity contribution in [3.05, 3.63) is 29.5 Å². The Balaban J connectivity index is 0.00000218. The van der Waals surface area contributed by atoms with Gasteiger partial charge in [-0.1, -0.05) is 32.0 Å². The molecule has 2 rings (SSSR count). The molecule has 0 fully saturated rings. The van der Waals surface area contributed by atoms with Crippen molar-refractivity contribution >= 4 is 34.9 Å². The van der Waals surface area contributed by atoms with Crippen LogP contribution >= 0.6 is 11.8 Å². The second kappa shape index (κ2) is 15.0. The summed E-state index contributed by atoms with van der Waals surface area (Å²) in [5, 5.41) is 11.5. The minimum absolute atomic E-state index is 0.308. The van der Waals surface area contributed by atoms with Crippen molar-refractivity contribution in [1.29, 1.82) is 0 Å². The second-order valence-corrected chi connectivity index (χ2v) is 7.47. The highest BCUT2D eigenvalue weighted by atomic mass is 32.2. The topological polar surface area (TPSA) is 85.2 Å². The molecular formula is C22H36N4O3S. The molecule has 8 heteroatoms. The van der Waals surface area contributed by atoms with Crippen molar-refractivity contribution < 1.29 is 14.3 Å². The maximum atomic E-state index is 12.8. The number of amides is 1. The Morgan fingerprint density at radius 1 is 1.33 bits per heavy atom. The average Bonchev–Trinajstić information content (AvgIpc) is 3.15. The van der Waals surface area contributed by atoms with Crippen molar-refractivity contribution in [2.75, 3.05) is 38.3 Å². The van der Waals surface area contributed by atoms with Crippen LogP contribution in [0.1, 0.15) is 43.2 Å². The summed E-state index contributed by atoms with van der Waals surface area (Å²) in [7, 11) is 0. The summed E-state index contributed by atoms with van der Waals surface area (Å²) in [6.07, 6.45) is 3.38. The summed E-state index contributed by atoms with van der Waals surface area (Å²) in [5.74, 6) is 0.502. The maximum Gasteiger partial charge on any atom is 0.273 e. The Morgan fingerprint density at radius 2 is 2.10 bits per heavy atom. The summed E-state index contributed by atoms with van der Waals surface area (Å²) < 4.78 is 7.18. The van der Waals surface area contributed by atoms with Crippen molar-refractivity contribution in [3.8, 4) is 0 Å². The summed E-state index contributed by atoms with van der Waals surface area (Å²) >= 11 is 1.65. The smallest absolute Gasteiger partial charge is 0.273 e. The van der Waals surface area contributed by atoms with Crippen molar-refractivity contribution in [2.45, 2.75) is 46.7 Å². The molecule has 1 unspecified atom stereocenters. The molecule has 0 spiro atoms. The van der Waals surface area contributed by atoms with Crippen LogP contribution in [0.15, 0.2) is 18.2 Å². The zero-order valence-electron chi connectivity index (χ0n) is 18.9. The summed E-state index contributed by atoms with van der Waals surface area (Å²) in [6, 6.07) is 5.34. The third-order valence-electron chi connectivity index (χ3n) is 4.43. The fourth-order valence-corrected chi connectivity index (χ4v) is 3.49. The molecule has 1 atom stereocenters. The molecule has 0 saturated carbocycles. The van der Waals surface area contributed by atoms with Crippen LogP contribution in [0.3, 0.4) is 0 Å². The quantitative estimate of drug-likeness (QED) is 0.371. The number of fused-ring (bicyclic) bond motifs is 1. The minimum atomic E-state index is -0.495. The molecule has 2 N–H and O–H groups in total. The molecule has 0 bridgehead atoms. The molecule has 0 saturated heterocycles. The van der Waals surface area contributed by atoms with Crippen LogP contribution in [0.4, 0.5) is 0 Å². The van der Waals surface area contributed by atoms with E-state index in [0.29, 0.717) is 31.9 Å². The van der Waals surface area contributed by atoms with Gasteiger partial charge in [0.2, 0.25) is 0 Å². The predicted octanol–water partition coefficient (Wildman–Crippen LogP) is 3.05.